The molecule has 6 nitrogen and oxygen atoms in total. The van der Waals surface area contributed by atoms with Gasteiger partial charge in [-0.2, -0.15) is 0 Å². The Labute approximate surface area is 114 Å². The molecule has 0 saturated carbocycles. The van der Waals surface area contributed by atoms with Crippen LogP contribution in [0.2, 0.25) is 0 Å². The van der Waals surface area contributed by atoms with Crippen molar-refractivity contribution in [3.05, 3.63) is 0 Å². The number of amides is 1. The van der Waals surface area contributed by atoms with Crippen LogP contribution in [0.3, 0.4) is 0 Å². The molecule has 0 aromatic carbocycles. The summed E-state index contributed by atoms with van der Waals surface area (Å²) in [6, 6.07) is -1.51. The summed E-state index contributed by atoms with van der Waals surface area (Å²) in [5.41, 5.74) is 11.1. The standard InChI is InChI=1S/C13H27N3O3/c1-9(2)6-7-10(15)12(17)16-11(13(18)19)5-3-4-8-14/h9-11H,3-8,14-15H2,1-2H3,(H,16,17)(H,18,19)/t10-,11-/m0/s1. The number of rotatable bonds is 10. The van der Waals surface area contributed by atoms with Gasteiger partial charge in [0.1, 0.15) is 6.04 Å². The SMILES string of the molecule is CC(C)CC[C@H](N)C(=O)N[C@@H](CCCCN)C(=O)O. The molecule has 0 bridgehead atoms. The van der Waals surface area contributed by atoms with Crippen molar-refractivity contribution in [3.63, 3.8) is 0 Å². The normalized spacial score (nSPS) is 14.2. The van der Waals surface area contributed by atoms with E-state index in [1.165, 1.54) is 0 Å². The minimum Gasteiger partial charge on any atom is -0.480 e. The lowest BCUT2D eigenvalue weighted by Gasteiger charge is -2.18. The fourth-order valence-electron chi connectivity index (χ4n) is 1.67. The van der Waals surface area contributed by atoms with E-state index >= 15 is 0 Å². The zero-order chi connectivity index (χ0) is 14.8. The summed E-state index contributed by atoms with van der Waals surface area (Å²) < 4.78 is 0. The van der Waals surface area contributed by atoms with Crippen molar-refractivity contribution in [3.8, 4) is 0 Å². The van der Waals surface area contributed by atoms with Gasteiger partial charge in [-0.3, -0.25) is 4.79 Å². The highest BCUT2D eigenvalue weighted by Crippen LogP contribution is 2.07. The van der Waals surface area contributed by atoms with E-state index in [9.17, 15) is 9.59 Å². The third kappa shape index (κ3) is 8.56. The minimum atomic E-state index is -1.03. The molecule has 0 radical (unpaired) electrons. The second kappa shape index (κ2) is 9.75. The van der Waals surface area contributed by atoms with Crippen LogP contribution in [0.4, 0.5) is 0 Å². The van der Waals surface area contributed by atoms with E-state index in [1.807, 2.05) is 0 Å². The number of hydrogen-bond acceptors (Lipinski definition) is 4. The summed E-state index contributed by atoms with van der Waals surface area (Å²) in [4.78, 5) is 22.8. The van der Waals surface area contributed by atoms with Crippen LogP contribution in [-0.2, 0) is 9.59 Å². The third-order valence-electron chi connectivity index (χ3n) is 2.95. The first-order valence-electron chi connectivity index (χ1n) is 6.87. The molecule has 19 heavy (non-hydrogen) atoms. The van der Waals surface area contributed by atoms with Crippen LogP contribution < -0.4 is 16.8 Å². The minimum absolute atomic E-state index is 0.384. The van der Waals surface area contributed by atoms with Crippen molar-refractivity contribution in [2.24, 2.45) is 17.4 Å². The summed E-state index contributed by atoms with van der Waals surface area (Å²) in [7, 11) is 0. The molecule has 0 unspecified atom stereocenters. The zero-order valence-corrected chi connectivity index (χ0v) is 11.9. The van der Waals surface area contributed by atoms with E-state index in [0.717, 1.165) is 12.8 Å². The monoisotopic (exact) mass is 273 g/mol. The quantitative estimate of drug-likeness (QED) is 0.431. The van der Waals surface area contributed by atoms with Gasteiger partial charge >= 0.3 is 5.97 Å². The van der Waals surface area contributed by atoms with E-state index in [2.05, 4.69) is 19.2 Å². The number of nitrogens with two attached hydrogens (primary N) is 2. The second-order valence-electron chi connectivity index (χ2n) is 5.26. The number of nitrogens with one attached hydrogen (secondary N) is 1. The van der Waals surface area contributed by atoms with Crippen LogP contribution in [0, 0.1) is 5.92 Å². The summed E-state index contributed by atoms with van der Waals surface area (Å²) in [6.45, 7) is 4.63. The maximum atomic E-state index is 11.8. The summed E-state index contributed by atoms with van der Waals surface area (Å²) >= 11 is 0. The molecule has 1 amide bonds. The molecule has 0 rings (SSSR count). The largest absolute Gasteiger partial charge is 0.480 e. The fraction of sp³-hybridized carbons (Fsp3) is 0.846. The van der Waals surface area contributed by atoms with Gasteiger partial charge in [0.25, 0.3) is 0 Å². The molecule has 0 aromatic heterocycles. The highest BCUT2D eigenvalue weighted by molar-refractivity contribution is 5.86. The van der Waals surface area contributed by atoms with Crippen LogP contribution in [-0.4, -0.2) is 35.6 Å². The lowest BCUT2D eigenvalue weighted by Crippen LogP contribution is -2.48. The maximum Gasteiger partial charge on any atom is 0.326 e. The van der Waals surface area contributed by atoms with E-state index in [4.69, 9.17) is 16.6 Å². The van der Waals surface area contributed by atoms with Gasteiger partial charge in [0.2, 0.25) is 5.91 Å². The lowest BCUT2D eigenvalue weighted by atomic mass is 10.0. The van der Waals surface area contributed by atoms with Gasteiger partial charge in [-0.1, -0.05) is 13.8 Å². The lowest BCUT2D eigenvalue weighted by molar-refractivity contribution is -0.142. The highest BCUT2D eigenvalue weighted by Gasteiger charge is 2.22. The number of aliphatic carboxylic acids is 1. The molecule has 0 spiro atoms. The molecule has 0 aliphatic rings. The van der Waals surface area contributed by atoms with Crippen LogP contribution in [0.15, 0.2) is 0 Å². The van der Waals surface area contributed by atoms with Crippen molar-refractivity contribution in [1.82, 2.24) is 5.32 Å². The molecule has 0 aliphatic heterocycles. The third-order valence-corrected chi connectivity index (χ3v) is 2.95. The molecule has 2 atom stereocenters. The summed E-state index contributed by atoms with van der Waals surface area (Å²) in [5.74, 6) is -0.944. The molecular formula is C13H27N3O3. The molecule has 6 N–H and O–H groups in total. The smallest absolute Gasteiger partial charge is 0.326 e. The Morgan fingerprint density at radius 2 is 1.79 bits per heavy atom. The van der Waals surface area contributed by atoms with Gasteiger partial charge in [-0.15, -0.1) is 0 Å². The number of carboxylic acids is 1. The Hall–Kier alpha value is -1.14. The molecular weight excluding hydrogens is 246 g/mol. The van der Waals surface area contributed by atoms with Gasteiger partial charge in [0, 0.05) is 0 Å². The number of hydrogen-bond donors (Lipinski definition) is 4. The Kier molecular flexibility index (Phi) is 9.16. The predicted molar refractivity (Wildman–Crippen MR) is 74.5 cm³/mol. The predicted octanol–water partition coefficient (Wildman–Crippen LogP) is 0.448. The number of unbranched alkanes of at least 4 members (excludes halogenated alkanes) is 1. The van der Waals surface area contributed by atoms with Crippen LogP contribution in [0.1, 0.15) is 46.0 Å². The molecule has 6 heteroatoms. The summed E-state index contributed by atoms with van der Waals surface area (Å²) in [6.07, 6.45) is 3.22. The van der Waals surface area contributed by atoms with Crippen LogP contribution in [0.5, 0.6) is 0 Å². The van der Waals surface area contributed by atoms with Crippen LogP contribution >= 0.6 is 0 Å². The van der Waals surface area contributed by atoms with Crippen molar-refractivity contribution in [1.29, 1.82) is 0 Å². The molecule has 0 aliphatic carbocycles. The van der Waals surface area contributed by atoms with Gasteiger partial charge in [0.15, 0.2) is 0 Å². The first kappa shape index (κ1) is 17.9. The Morgan fingerprint density at radius 1 is 1.16 bits per heavy atom. The van der Waals surface area contributed by atoms with Gasteiger partial charge in [-0.25, -0.2) is 4.79 Å². The number of carbonyl (C=O) groups excluding carboxylic acids is 1. The summed E-state index contributed by atoms with van der Waals surface area (Å²) in [5, 5.41) is 11.5. The Bertz CT molecular complexity index is 282. The van der Waals surface area contributed by atoms with Gasteiger partial charge < -0.3 is 21.9 Å². The topological polar surface area (TPSA) is 118 Å². The fourth-order valence-corrected chi connectivity index (χ4v) is 1.67. The Balaban J connectivity index is 4.18. The van der Waals surface area contributed by atoms with E-state index in [0.29, 0.717) is 31.7 Å². The molecule has 0 saturated heterocycles. The molecule has 0 fully saturated rings. The highest BCUT2D eigenvalue weighted by atomic mass is 16.4. The number of carboxylic acid groups (broad SMARTS) is 1. The van der Waals surface area contributed by atoms with E-state index < -0.39 is 18.1 Å². The van der Waals surface area contributed by atoms with Crippen molar-refractivity contribution < 1.29 is 14.7 Å². The molecule has 112 valence electrons. The van der Waals surface area contributed by atoms with Crippen molar-refractivity contribution in [2.45, 2.75) is 58.0 Å². The van der Waals surface area contributed by atoms with Gasteiger partial charge in [0.05, 0.1) is 6.04 Å². The van der Waals surface area contributed by atoms with E-state index in [-0.39, 0.29) is 5.91 Å². The van der Waals surface area contributed by atoms with E-state index in [1.54, 1.807) is 0 Å². The molecule has 0 heterocycles. The Morgan fingerprint density at radius 3 is 2.26 bits per heavy atom. The zero-order valence-electron chi connectivity index (χ0n) is 11.9. The maximum absolute atomic E-state index is 11.8. The van der Waals surface area contributed by atoms with Crippen molar-refractivity contribution in [2.75, 3.05) is 6.54 Å². The molecule has 0 aromatic rings. The second-order valence-corrected chi connectivity index (χ2v) is 5.26. The first-order valence-corrected chi connectivity index (χ1v) is 6.87. The number of carbonyl (C=O) groups is 2. The van der Waals surface area contributed by atoms with Crippen LogP contribution in [0.25, 0.3) is 0 Å². The average Bonchev–Trinajstić information content (AvgIpc) is 2.34. The van der Waals surface area contributed by atoms with Gasteiger partial charge in [-0.05, 0) is 44.6 Å². The first-order chi connectivity index (χ1) is 8.88. The average molecular weight is 273 g/mol. The van der Waals surface area contributed by atoms with Crippen molar-refractivity contribution >= 4 is 11.9 Å².